The molecule has 2 rings (SSSR count). The molecule has 5 nitrogen and oxygen atoms in total. The maximum atomic E-state index is 5.32. The van der Waals surface area contributed by atoms with E-state index >= 15 is 0 Å². The van der Waals surface area contributed by atoms with Gasteiger partial charge in [0.05, 0.1) is 0 Å². The Kier molecular flexibility index (Phi) is 3.69. The van der Waals surface area contributed by atoms with Crippen molar-refractivity contribution in [2.75, 3.05) is 32.7 Å². The molecule has 15 heavy (non-hydrogen) atoms. The van der Waals surface area contributed by atoms with Crippen LogP contribution in [0.3, 0.4) is 0 Å². The molecule has 5 heteroatoms. The summed E-state index contributed by atoms with van der Waals surface area (Å²) >= 11 is 0. The van der Waals surface area contributed by atoms with E-state index in [-0.39, 0.29) is 0 Å². The summed E-state index contributed by atoms with van der Waals surface area (Å²) in [7, 11) is 0. The Hall–Kier alpha value is -0.940. The summed E-state index contributed by atoms with van der Waals surface area (Å²) < 4.78 is 5.32. The van der Waals surface area contributed by atoms with E-state index in [0.29, 0.717) is 5.89 Å². The predicted molar refractivity (Wildman–Crippen MR) is 56.7 cm³/mol. The Bertz CT molecular complexity index is 293. The minimum Gasteiger partial charge on any atom is -0.426 e. The molecule has 0 saturated carbocycles. The Balaban J connectivity index is 1.65. The van der Waals surface area contributed by atoms with Gasteiger partial charge in [-0.3, -0.25) is 0 Å². The number of piperazine rings is 1. The van der Waals surface area contributed by atoms with Crippen molar-refractivity contribution >= 4 is 0 Å². The standard InChI is InChI=1S/C10H18N4O/c1-9-12-13-10(15-9)3-2-6-14-7-4-11-5-8-14/h11H,2-8H2,1H3. The van der Waals surface area contributed by atoms with Crippen molar-refractivity contribution in [3.63, 3.8) is 0 Å². The summed E-state index contributed by atoms with van der Waals surface area (Å²) in [5, 5.41) is 11.1. The van der Waals surface area contributed by atoms with Crippen LogP contribution in [0.4, 0.5) is 0 Å². The summed E-state index contributed by atoms with van der Waals surface area (Å²) in [6, 6.07) is 0. The molecule has 84 valence electrons. The van der Waals surface area contributed by atoms with E-state index in [0.717, 1.165) is 51.5 Å². The Morgan fingerprint density at radius 1 is 1.33 bits per heavy atom. The van der Waals surface area contributed by atoms with E-state index in [1.807, 2.05) is 6.92 Å². The number of aryl methyl sites for hydroxylation is 2. The fourth-order valence-corrected chi connectivity index (χ4v) is 1.83. The highest BCUT2D eigenvalue weighted by Gasteiger charge is 2.09. The quantitative estimate of drug-likeness (QED) is 0.770. The smallest absolute Gasteiger partial charge is 0.216 e. The first-order valence-corrected chi connectivity index (χ1v) is 5.56. The van der Waals surface area contributed by atoms with E-state index < -0.39 is 0 Å². The summed E-state index contributed by atoms with van der Waals surface area (Å²) in [6.45, 7) is 7.49. The van der Waals surface area contributed by atoms with Crippen LogP contribution in [0.25, 0.3) is 0 Å². The zero-order valence-corrected chi connectivity index (χ0v) is 9.20. The van der Waals surface area contributed by atoms with Gasteiger partial charge in [0.2, 0.25) is 11.8 Å². The van der Waals surface area contributed by atoms with E-state index in [4.69, 9.17) is 4.42 Å². The zero-order chi connectivity index (χ0) is 10.5. The number of hydrogen-bond acceptors (Lipinski definition) is 5. The summed E-state index contributed by atoms with van der Waals surface area (Å²) in [6.07, 6.45) is 1.99. The summed E-state index contributed by atoms with van der Waals surface area (Å²) in [4.78, 5) is 2.47. The molecule has 0 amide bonds. The van der Waals surface area contributed by atoms with Crippen LogP contribution < -0.4 is 5.32 Å². The lowest BCUT2D eigenvalue weighted by Crippen LogP contribution is -2.43. The number of hydrogen-bond donors (Lipinski definition) is 1. The van der Waals surface area contributed by atoms with Gasteiger partial charge in [0.1, 0.15) is 0 Å². The van der Waals surface area contributed by atoms with Crippen molar-refractivity contribution in [3.8, 4) is 0 Å². The van der Waals surface area contributed by atoms with Crippen LogP contribution in [0.1, 0.15) is 18.2 Å². The lowest BCUT2D eigenvalue weighted by Gasteiger charge is -2.26. The van der Waals surface area contributed by atoms with Gasteiger partial charge in [0.15, 0.2) is 0 Å². The molecule has 1 fully saturated rings. The predicted octanol–water partition coefficient (Wildman–Crippen LogP) is 0.216. The van der Waals surface area contributed by atoms with Crippen molar-refractivity contribution in [2.45, 2.75) is 19.8 Å². The Morgan fingerprint density at radius 3 is 2.80 bits per heavy atom. The molecule has 1 aliphatic rings. The molecule has 0 spiro atoms. The van der Waals surface area contributed by atoms with Gasteiger partial charge in [-0.15, -0.1) is 10.2 Å². The second kappa shape index (κ2) is 5.23. The summed E-state index contributed by atoms with van der Waals surface area (Å²) in [5.74, 6) is 1.43. The maximum Gasteiger partial charge on any atom is 0.216 e. The molecule has 1 aromatic heterocycles. The summed E-state index contributed by atoms with van der Waals surface area (Å²) in [5.41, 5.74) is 0. The monoisotopic (exact) mass is 210 g/mol. The van der Waals surface area contributed by atoms with Gasteiger partial charge in [-0.05, 0) is 13.0 Å². The van der Waals surface area contributed by atoms with Crippen molar-refractivity contribution in [2.24, 2.45) is 0 Å². The number of aromatic nitrogens is 2. The minimum absolute atomic E-state index is 0.659. The molecule has 0 aromatic carbocycles. The molecule has 0 bridgehead atoms. The fraction of sp³-hybridized carbons (Fsp3) is 0.800. The van der Waals surface area contributed by atoms with Crippen LogP contribution in [0.2, 0.25) is 0 Å². The molecule has 1 N–H and O–H groups in total. The van der Waals surface area contributed by atoms with Gasteiger partial charge < -0.3 is 14.6 Å². The van der Waals surface area contributed by atoms with Crippen molar-refractivity contribution in [1.82, 2.24) is 20.4 Å². The maximum absolute atomic E-state index is 5.32. The highest BCUT2D eigenvalue weighted by atomic mass is 16.4. The molecule has 0 aliphatic carbocycles. The second-order valence-electron chi connectivity index (χ2n) is 3.91. The van der Waals surface area contributed by atoms with Gasteiger partial charge in [0.25, 0.3) is 0 Å². The molecule has 0 unspecified atom stereocenters. The van der Waals surface area contributed by atoms with Crippen LogP contribution in [0.5, 0.6) is 0 Å². The van der Waals surface area contributed by atoms with Crippen molar-refractivity contribution in [1.29, 1.82) is 0 Å². The second-order valence-corrected chi connectivity index (χ2v) is 3.91. The first-order chi connectivity index (χ1) is 7.34. The number of rotatable bonds is 4. The van der Waals surface area contributed by atoms with Crippen LogP contribution >= 0.6 is 0 Å². The number of nitrogens with one attached hydrogen (secondary N) is 1. The topological polar surface area (TPSA) is 54.2 Å². The van der Waals surface area contributed by atoms with Crippen LogP contribution in [0.15, 0.2) is 4.42 Å². The Morgan fingerprint density at radius 2 is 2.13 bits per heavy atom. The van der Waals surface area contributed by atoms with E-state index in [9.17, 15) is 0 Å². The van der Waals surface area contributed by atoms with Crippen molar-refractivity contribution < 1.29 is 4.42 Å². The number of nitrogens with zero attached hydrogens (tertiary/aromatic N) is 3. The van der Waals surface area contributed by atoms with Gasteiger partial charge in [-0.25, -0.2) is 0 Å². The van der Waals surface area contributed by atoms with Crippen LogP contribution in [0, 0.1) is 6.92 Å². The average Bonchev–Trinajstić information content (AvgIpc) is 2.66. The third-order valence-corrected chi connectivity index (χ3v) is 2.64. The van der Waals surface area contributed by atoms with Gasteiger partial charge in [-0.1, -0.05) is 0 Å². The van der Waals surface area contributed by atoms with Crippen molar-refractivity contribution in [3.05, 3.63) is 11.8 Å². The SMILES string of the molecule is Cc1nnc(CCCN2CCNCC2)o1. The first-order valence-electron chi connectivity index (χ1n) is 5.56. The Labute approximate surface area is 89.9 Å². The average molecular weight is 210 g/mol. The van der Waals surface area contributed by atoms with E-state index in [1.165, 1.54) is 0 Å². The van der Waals surface area contributed by atoms with E-state index in [2.05, 4.69) is 20.4 Å². The molecule has 1 aromatic rings. The highest BCUT2D eigenvalue weighted by Crippen LogP contribution is 2.03. The zero-order valence-electron chi connectivity index (χ0n) is 9.20. The normalized spacial score (nSPS) is 18.2. The molecule has 0 atom stereocenters. The molecule has 1 aliphatic heterocycles. The lowest BCUT2D eigenvalue weighted by molar-refractivity contribution is 0.236. The lowest BCUT2D eigenvalue weighted by atomic mass is 10.2. The third-order valence-electron chi connectivity index (χ3n) is 2.64. The molecule has 1 saturated heterocycles. The highest BCUT2D eigenvalue weighted by molar-refractivity contribution is 4.79. The van der Waals surface area contributed by atoms with E-state index in [1.54, 1.807) is 0 Å². The van der Waals surface area contributed by atoms with Crippen LogP contribution in [-0.4, -0.2) is 47.8 Å². The first kappa shape index (κ1) is 10.6. The largest absolute Gasteiger partial charge is 0.426 e. The fourth-order valence-electron chi connectivity index (χ4n) is 1.83. The molecule has 2 heterocycles. The third kappa shape index (κ3) is 3.28. The molecule has 0 radical (unpaired) electrons. The molecular weight excluding hydrogens is 192 g/mol. The van der Waals surface area contributed by atoms with Gasteiger partial charge in [0, 0.05) is 39.5 Å². The van der Waals surface area contributed by atoms with Gasteiger partial charge >= 0.3 is 0 Å². The van der Waals surface area contributed by atoms with Crippen LogP contribution in [-0.2, 0) is 6.42 Å². The minimum atomic E-state index is 0.659. The van der Waals surface area contributed by atoms with Gasteiger partial charge in [-0.2, -0.15) is 0 Å². The molecular formula is C10H18N4O.